The van der Waals surface area contributed by atoms with Gasteiger partial charge in [-0.25, -0.2) is 9.98 Å². The van der Waals surface area contributed by atoms with Crippen LogP contribution in [-0.2, 0) is 9.47 Å². The van der Waals surface area contributed by atoms with E-state index in [1.54, 1.807) is 0 Å². The van der Waals surface area contributed by atoms with Crippen molar-refractivity contribution in [2.75, 3.05) is 13.2 Å². The molecule has 0 fully saturated rings. The molecule has 2 aliphatic heterocycles. The lowest BCUT2D eigenvalue weighted by atomic mass is 10.0. The van der Waals surface area contributed by atoms with Crippen molar-refractivity contribution >= 4 is 33.3 Å². The molecular weight excluding hydrogens is 410 g/mol. The van der Waals surface area contributed by atoms with Crippen LogP contribution in [0.5, 0.6) is 0 Å². The Morgan fingerprint density at radius 2 is 1.12 bits per heavy atom. The van der Waals surface area contributed by atoms with E-state index in [-0.39, 0.29) is 12.1 Å². The quantitative estimate of drug-likeness (QED) is 0.412. The van der Waals surface area contributed by atoms with E-state index in [4.69, 9.17) is 19.5 Å². The summed E-state index contributed by atoms with van der Waals surface area (Å²) in [4.78, 5) is 9.46. The number of hydrogen-bond acceptors (Lipinski definition) is 5. The largest absolute Gasteiger partial charge is 0.477 e. The summed E-state index contributed by atoms with van der Waals surface area (Å²) >= 11 is 0. The summed E-state index contributed by atoms with van der Waals surface area (Å²) in [5.74, 6) is 0.0306. The highest BCUT2D eigenvalue weighted by atomic mass is 16.5. The number of hydrogen-bond donors (Lipinski definition) is 0. The molecule has 0 unspecified atom stereocenters. The van der Waals surface area contributed by atoms with Gasteiger partial charge in [-0.1, -0.05) is 72.8 Å². The summed E-state index contributed by atoms with van der Waals surface area (Å²) in [5.41, 5.74) is 2.15. The van der Waals surface area contributed by atoms with Crippen LogP contribution in [0.1, 0.15) is 23.2 Å². The summed E-state index contributed by atoms with van der Waals surface area (Å²) < 4.78 is 11.7. The Morgan fingerprint density at radius 1 is 0.667 bits per heavy atom. The van der Waals surface area contributed by atoms with Gasteiger partial charge in [0.15, 0.2) is 5.92 Å². The molecule has 33 heavy (non-hydrogen) atoms. The predicted octanol–water partition coefficient (Wildman–Crippen LogP) is 5.77. The number of rotatable bonds is 4. The molecule has 5 nitrogen and oxygen atoms in total. The lowest BCUT2D eigenvalue weighted by Crippen LogP contribution is -2.23. The van der Waals surface area contributed by atoms with Crippen LogP contribution in [0.25, 0.3) is 21.5 Å². The SMILES string of the molecule is N#CC(C1=N[C@H](c2ccc3ccccc3c2)CO1)C1=N[C@H](c2ccc3ccccc3c2)CO1. The van der Waals surface area contributed by atoms with E-state index in [0.29, 0.717) is 25.0 Å². The number of ether oxygens (including phenoxy) is 2. The first kappa shape index (κ1) is 19.5. The third kappa shape index (κ3) is 3.60. The third-order valence-electron chi connectivity index (χ3n) is 6.28. The average Bonchev–Trinajstić information content (AvgIpc) is 3.55. The van der Waals surface area contributed by atoms with Crippen LogP contribution in [0.15, 0.2) is 94.9 Å². The molecule has 0 saturated carbocycles. The fourth-order valence-corrected chi connectivity index (χ4v) is 4.49. The van der Waals surface area contributed by atoms with Gasteiger partial charge in [-0.15, -0.1) is 0 Å². The van der Waals surface area contributed by atoms with Crippen LogP contribution in [0.3, 0.4) is 0 Å². The van der Waals surface area contributed by atoms with Crippen molar-refractivity contribution in [3.05, 3.63) is 96.1 Å². The van der Waals surface area contributed by atoms with Crippen LogP contribution in [-0.4, -0.2) is 25.0 Å². The minimum absolute atomic E-state index is 0.140. The Morgan fingerprint density at radius 3 is 1.58 bits per heavy atom. The zero-order valence-electron chi connectivity index (χ0n) is 17.9. The fourth-order valence-electron chi connectivity index (χ4n) is 4.49. The monoisotopic (exact) mass is 431 g/mol. The lowest BCUT2D eigenvalue weighted by Gasteiger charge is -2.07. The Bertz CT molecular complexity index is 1360. The molecule has 6 rings (SSSR count). The van der Waals surface area contributed by atoms with Crippen molar-refractivity contribution in [2.45, 2.75) is 12.1 Å². The van der Waals surface area contributed by atoms with Crippen LogP contribution < -0.4 is 0 Å². The molecule has 4 aromatic carbocycles. The first-order chi connectivity index (χ1) is 16.3. The second kappa shape index (κ2) is 8.07. The van der Waals surface area contributed by atoms with Gasteiger partial charge in [-0.05, 0) is 44.8 Å². The van der Waals surface area contributed by atoms with Gasteiger partial charge < -0.3 is 9.47 Å². The zero-order valence-corrected chi connectivity index (χ0v) is 17.9. The van der Waals surface area contributed by atoms with Crippen molar-refractivity contribution < 1.29 is 9.47 Å². The summed E-state index contributed by atoms with van der Waals surface area (Å²) in [6.45, 7) is 0.820. The maximum absolute atomic E-state index is 9.87. The number of aliphatic imine (C=N–C) groups is 2. The van der Waals surface area contributed by atoms with Crippen LogP contribution in [0, 0.1) is 17.2 Å². The molecule has 2 aliphatic rings. The van der Waals surface area contributed by atoms with Crippen molar-refractivity contribution in [3.8, 4) is 6.07 Å². The Hall–Kier alpha value is -4.17. The van der Waals surface area contributed by atoms with Crippen molar-refractivity contribution in [1.29, 1.82) is 5.26 Å². The van der Waals surface area contributed by atoms with E-state index in [9.17, 15) is 5.26 Å². The van der Waals surface area contributed by atoms with Gasteiger partial charge in [0, 0.05) is 0 Å². The molecular formula is C28H21N3O2. The summed E-state index contributed by atoms with van der Waals surface area (Å²) in [6, 6.07) is 31.1. The van der Waals surface area contributed by atoms with Gasteiger partial charge in [0.1, 0.15) is 25.3 Å². The standard InChI is InChI=1S/C28H21N3O2/c29-15-24(27-30-25(16-32-27)22-11-9-18-5-1-3-7-20(18)13-22)28-31-26(17-33-28)23-12-10-19-6-2-4-8-21(19)14-23/h1-14,24-26H,16-17H2/t25-,26-/m0/s1. The van der Waals surface area contributed by atoms with Crippen molar-refractivity contribution in [1.82, 2.24) is 0 Å². The summed E-state index contributed by atoms with van der Waals surface area (Å²) in [5, 5.41) is 14.6. The molecule has 2 atom stereocenters. The molecule has 0 saturated heterocycles. The fraction of sp³-hybridized carbons (Fsp3) is 0.179. The highest BCUT2D eigenvalue weighted by Gasteiger charge is 2.35. The van der Waals surface area contributed by atoms with E-state index < -0.39 is 5.92 Å². The Labute approximate surface area is 191 Å². The van der Waals surface area contributed by atoms with E-state index in [0.717, 1.165) is 21.9 Å². The van der Waals surface area contributed by atoms with E-state index in [2.05, 4.69) is 66.7 Å². The molecule has 0 aliphatic carbocycles. The molecule has 2 heterocycles. The second-order valence-corrected chi connectivity index (χ2v) is 8.36. The Kier molecular flexibility index (Phi) is 4.77. The van der Waals surface area contributed by atoms with Crippen molar-refractivity contribution in [3.63, 3.8) is 0 Å². The smallest absolute Gasteiger partial charge is 0.211 e. The number of benzene rings is 4. The van der Waals surface area contributed by atoms with Crippen LogP contribution in [0.4, 0.5) is 0 Å². The van der Waals surface area contributed by atoms with Crippen LogP contribution in [0.2, 0.25) is 0 Å². The number of nitrogens with zero attached hydrogens (tertiary/aromatic N) is 3. The van der Waals surface area contributed by atoms with Gasteiger partial charge >= 0.3 is 0 Å². The molecule has 0 radical (unpaired) electrons. The summed E-state index contributed by atoms with van der Waals surface area (Å²) in [6.07, 6.45) is 0. The maximum atomic E-state index is 9.87. The topological polar surface area (TPSA) is 67.0 Å². The van der Waals surface area contributed by atoms with Crippen LogP contribution >= 0.6 is 0 Å². The average molecular weight is 431 g/mol. The van der Waals surface area contributed by atoms with E-state index >= 15 is 0 Å². The molecule has 5 heteroatoms. The molecule has 0 amide bonds. The van der Waals surface area contributed by atoms with Crippen molar-refractivity contribution in [2.24, 2.45) is 15.9 Å². The maximum Gasteiger partial charge on any atom is 0.211 e. The molecule has 0 spiro atoms. The highest BCUT2D eigenvalue weighted by molar-refractivity contribution is 6.04. The van der Waals surface area contributed by atoms with Gasteiger partial charge in [0.05, 0.1) is 6.07 Å². The molecule has 0 bridgehead atoms. The normalized spacial score (nSPS) is 19.8. The molecule has 4 aromatic rings. The minimum atomic E-state index is -0.735. The lowest BCUT2D eigenvalue weighted by molar-refractivity contribution is 0.292. The predicted molar refractivity (Wildman–Crippen MR) is 129 cm³/mol. The first-order valence-electron chi connectivity index (χ1n) is 11.1. The first-order valence-corrected chi connectivity index (χ1v) is 11.1. The number of nitriles is 1. The van der Waals surface area contributed by atoms with Gasteiger partial charge in [-0.2, -0.15) is 5.26 Å². The van der Waals surface area contributed by atoms with Gasteiger partial charge in [0.25, 0.3) is 0 Å². The van der Waals surface area contributed by atoms with E-state index in [1.165, 1.54) is 10.8 Å². The van der Waals surface area contributed by atoms with Gasteiger partial charge in [0.2, 0.25) is 11.8 Å². The summed E-state index contributed by atoms with van der Waals surface area (Å²) in [7, 11) is 0. The second-order valence-electron chi connectivity index (χ2n) is 8.36. The molecule has 0 N–H and O–H groups in total. The highest BCUT2D eigenvalue weighted by Crippen LogP contribution is 2.31. The number of fused-ring (bicyclic) bond motifs is 2. The molecule has 0 aromatic heterocycles. The molecule has 160 valence electrons. The Balaban J connectivity index is 1.25. The van der Waals surface area contributed by atoms with E-state index in [1.807, 2.05) is 24.3 Å². The minimum Gasteiger partial charge on any atom is -0.477 e. The third-order valence-corrected chi connectivity index (χ3v) is 6.28. The zero-order chi connectivity index (χ0) is 22.2. The van der Waals surface area contributed by atoms with Gasteiger partial charge in [-0.3, -0.25) is 0 Å².